The Morgan fingerprint density at radius 1 is 1.42 bits per heavy atom. The lowest BCUT2D eigenvalue weighted by Crippen LogP contribution is -2.13. The van der Waals surface area contributed by atoms with Crippen LogP contribution in [0, 0.1) is 0 Å². The fourth-order valence-corrected chi connectivity index (χ4v) is 2.01. The third-order valence-electron chi connectivity index (χ3n) is 2.19. The molecule has 0 fully saturated rings. The average molecular weight is 284 g/mol. The number of rotatable bonds is 4. The van der Waals surface area contributed by atoms with Gasteiger partial charge in [0, 0.05) is 11.0 Å². The normalized spacial score (nSPS) is 10.7. The number of nitrogen functional groups attached to an aromatic ring is 1. The van der Waals surface area contributed by atoms with E-state index in [1.54, 1.807) is 18.2 Å². The van der Waals surface area contributed by atoms with Crippen LogP contribution < -0.4 is 11.1 Å². The number of alkyl halides is 2. The van der Waals surface area contributed by atoms with Gasteiger partial charge in [-0.05, 0) is 12.1 Å². The number of anilines is 2. The summed E-state index contributed by atoms with van der Waals surface area (Å²) in [6, 6.07) is 7.68. The molecule has 4 N–H and O–H groups in total. The third-order valence-corrected chi connectivity index (χ3v) is 2.98. The molecule has 0 atom stereocenters. The first-order chi connectivity index (χ1) is 9.06. The molecule has 0 saturated heterocycles. The Balaban J connectivity index is 2.16. The number of benzene rings is 1. The van der Waals surface area contributed by atoms with Gasteiger partial charge in [0.05, 0.1) is 5.69 Å². The number of carbonyl (C=O) groups excluding carboxylic acids is 1. The van der Waals surface area contributed by atoms with Crippen LogP contribution in [0.3, 0.4) is 0 Å². The van der Waals surface area contributed by atoms with Crippen LogP contribution in [-0.2, 0) is 0 Å². The van der Waals surface area contributed by atoms with Crippen LogP contribution in [0.25, 0.3) is 0 Å². The SMILES string of the molecule is Nc1cc(C(=O)Nc2ccccc2SC(F)F)[nH]n1. The van der Waals surface area contributed by atoms with E-state index < -0.39 is 11.7 Å². The summed E-state index contributed by atoms with van der Waals surface area (Å²) in [4.78, 5) is 12.1. The van der Waals surface area contributed by atoms with Gasteiger partial charge in [0.25, 0.3) is 11.7 Å². The van der Waals surface area contributed by atoms with Crippen molar-refractivity contribution in [3.05, 3.63) is 36.0 Å². The van der Waals surface area contributed by atoms with Gasteiger partial charge in [-0.2, -0.15) is 13.9 Å². The summed E-state index contributed by atoms with van der Waals surface area (Å²) in [6.07, 6.45) is 0. The number of nitrogens with one attached hydrogen (secondary N) is 2. The van der Waals surface area contributed by atoms with Gasteiger partial charge in [-0.25, -0.2) is 0 Å². The number of para-hydroxylation sites is 1. The summed E-state index contributed by atoms with van der Waals surface area (Å²) in [5.41, 5.74) is 5.85. The average Bonchev–Trinajstić information content (AvgIpc) is 2.78. The number of hydrogen-bond donors (Lipinski definition) is 3. The van der Waals surface area contributed by atoms with Crippen molar-refractivity contribution in [1.82, 2.24) is 10.2 Å². The summed E-state index contributed by atoms with van der Waals surface area (Å²) in [7, 11) is 0. The molecule has 8 heteroatoms. The molecule has 1 amide bonds. The van der Waals surface area contributed by atoms with E-state index in [0.29, 0.717) is 22.3 Å². The molecule has 19 heavy (non-hydrogen) atoms. The molecule has 0 spiro atoms. The Hall–Kier alpha value is -2.09. The van der Waals surface area contributed by atoms with Crippen LogP contribution in [0.1, 0.15) is 10.5 Å². The maximum absolute atomic E-state index is 12.4. The lowest BCUT2D eigenvalue weighted by atomic mass is 10.3. The van der Waals surface area contributed by atoms with Crippen molar-refractivity contribution in [2.24, 2.45) is 0 Å². The lowest BCUT2D eigenvalue weighted by molar-refractivity contribution is 0.102. The van der Waals surface area contributed by atoms with Crippen molar-refractivity contribution in [3.8, 4) is 0 Å². The minimum absolute atomic E-state index is 0.161. The number of amides is 1. The van der Waals surface area contributed by atoms with E-state index in [1.807, 2.05) is 0 Å². The third kappa shape index (κ3) is 3.44. The monoisotopic (exact) mass is 284 g/mol. The molecule has 5 nitrogen and oxygen atoms in total. The topological polar surface area (TPSA) is 83.8 Å². The van der Waals surface area contributed by atoms with Crippen LogP contribution in [0.15, 0.2) is 35.2 Å². The Bertz CT molecular complexity index is 588. The smallest absolute Gasteiger partial charge is 0.288 e. The number of hydrogen-bond acceptors (Lipinski definition) is 4. The number of nitrogens with zero attached hydrogens (tertiary/aromatic N) is 1. The zero-order chi connectivity index (χ0) is 13.8. The van der Waals surface area contributed by atoms with Crippen molar-refractivity contribution in [3.63, 3.8) is 0 Å². The zero-order valence-corrected chi connectivity index (χ0v) is 10.4. The number of carbonyl (C=O) groups is 1. The molecule has 0 aliphatic rings. The standard InChI is InChI=1S/C11H10F2N4OS/c12-11(13)19-8-4-2-1-3-6(8)15-10(18)7-5-9(14)17-16-7/h1-5,11H,(H,15,18)(H3,14,16,17). The molecule has 1 heterocycles. The molecule has 0 aliphatic carbocycles. The van der Waals surface area contributed by atoms with Crippen LogP contribution in [0.4, 0.5) is 20.3 Å². The van der Waals surface area contributed by atoms with Crippen molar-refractivity contribution in [2.45, 2.75) is 10.7 Å². The van der Waals surface area contributed by atoms with E-state index in [2.05, 4.69) is 15.5 Å². The molecule has 0 saturated carbocycles. The largest absolute Gasteiger partial charge is 0.382 e. The van der Waals surface area contributed by atoms with Gasteiger partial charge in [-0.1, -0.05) is 23.9 Å². The quantitative estimate of drug-likeness (QED) is 0.753. The molecule has 0 unspecified atom stereocenters. The molecule has 1 aromatic carbocycles. The number of halogens is 2. The van der Waals surface area contributed by atoms with Crippen LogP contribution in [-0.4, -0.2) is 21.9 Å². The first-order valence-corrected chi connectivity index (χ1v) is 6.10. The number of aromatic nitrogens is 2. The fraction of sp³-hybridized carbons (Fsp3) is 0.0909. The molecule has 0 bridgehead atoms. The van der Waals surface area contributed by atoms with E-state index in [-0.39, 0.29) is 11.5 Å². The predicted octanol–water partition coefficient (Wildman–Crippen LogP) is 2.56. The van der Waals surface area contributed by atoms with E-state index in [0.717, 1.165) is 0 Å². The van der Waals surface area contributed by atoms with Gasteiger partial charge >= 0.3 is 0 Å². The van der Waals surface area contributed by atoms with Gasteiger partial charge < -0.3 is 11.1 Å². The maximum Gasteiger partial charge on any atom is 0.288 e. The van der Waals surface area contributed by atoms with E-state index >= 15 is 0 Å². The molecular weight excluding hydrogens is 274 g/mol. The summed E-state index contributed by atoms with van der Waals surface area (Å²) < 4.78 is 24.8. The van der Waals surface area contributed by atoms with Crippen molar-refractivity contribution in [1.29, 1.82) is 0 Å². The molecule has 2 rings (SSSR count). The van der Waals surface area contributed by atoms with Gasteiger partial charge in [-0.15, -0.1) is 0 Å². The minimum atomic E-state index is -2.55. The summed E-state index contributed by atoms with van der Waals surface area (Å²) in [5, 5.41) is 8.59. The number of H-pyrrole nitrogens is 1. The Kier molecular flexibility index (Phi) is 4.00. The van der Waals surface area contributed by atoms with E-state index in [4.69, 9.17) is 5.73 Å². The van der Waals surface area contributed by atoms with Crippen LogP contribution in [0.2, 0.25) is 0 Å². The van der Waals surface area contributed by atoms with Crippen LogP contribution >= 0.6 is 11.8 Å². The highest BCUT2D eigenvalue weighted by atomic mass is 32.2. The fourth-order valence-electron chi connectivity index (χ4n) is 1.41. The number of aromatic amines is 1. The van der Waals surface area contributed by atoms with Gasteiger partial charge in [-0.3, -0.25) is 9.89 Å². The minimum Gasteiger partial charge on any atom is -0.382 e. The second kappa shape index (κ2) is 5.70. The maximum atomic E-state index is 12.4. The Labute approximate surface area is 111 Å². The molecule has 1 aromatic heterocycles. The summed E-state index contributed by atoms with van der Waals surface area (Å²) in [6.45, 7) is 0. The van der Waals surface area contributed by atoms with Crippen molar-refractivity contribution in [2.75, 3.05) is 11.1 Å². The van der Waals surface area contributed by atoms with Crippen LogP contribution in [0.5, 0.6) is 0 Å². The number of nitrogens with two attached hydrogens (primary N) is 1. The highest BCUT2D eigenvalue weighted by molar-refractivity contribution is 7.99. The summed E-state index contributed by atoms with van der Waals surface area (Å²) in [5.74, 6) is -2.87. The highest BCUT2D eigenvalue weighted by Gasteiger charge is 2.14. The molecule has 0 radical (unpaired) electrons. The second-order valence-electron chi connectivity index (χ2n) is 3.54. The zero-order valence-electron chi connectivity index (χ0n) is 9.56. The van der Waals surface area contributed by atoms with Gasteiger partial charge in [0.1, 0.15) is 11.5 Å². The van der Waals surface area contributed by atoms with Gasteiger partial charge in [0.2, 0.25) is 0 Å². The second-order valence-corrected chi connectivity index (χ2v) is 4.57. The Morgan fingerprint density at radius 3 is 2.79 bits per heavy atom. The summed E-state index contributed by atoms with van der Waals surface area (Å²) >= 11 is 0.369. The molecule has 0 aliphatic heterocycles. The first-order valence-electron chi connectivity index (χ1n) is 5.22. The van der Waals surface area contributed by atoms with E-state index in [1.165, 1.54) is 12.1 Å². The molecule has 2 aromatic rings. The predicted molar refractivity (Wildman–Crippen MR) is 69.3 cm³/mol. The molecule has 100 valence electrons. The highest BCUT2D eigenvalue weighted by Crippen LogP contribution is 2.31. The lowest BCUT2D eigenvalue weighted by Gasteiger charge is -2.09. The van der Waals surface area contributed by atoms with Crippen molar-refractivity contribution >= 4 is 29.2 Å². The number of thioether (sulfide) groups is 1. The Morgan fingerprint density at radius 2 is 2.16 bits per heavy atom. The molecular formula is C11H10F2N4OS. The van der Waals surface area contributed by atoms with Crippen molar-refractivity contribution < 1.29 is 13.6 Å². The van der Waals surface area contributed by atoms with Gasteiger partial charge in [0.15, 0.2) is 0 Å². The van der Waals surface area contributed by atoms with E-state index in [9.17, 15) is 13.6 Å². The first kappa shape index (κ1) is 13.3.